The molecule has 0 saturated heterocycles. The molecule has 0 N–H and O–H groups in total. The van der Waals surface area contributed by atoms with E-state index in [1.807, 2.05) is 18.2 Å². The van der Waals surface area contributed by atoms with Gasteiger partial charge in [0.1, 0.15) is 5.65 Å². The summed E-state index contributed by atoms with van der Waals surface area (Å²) in [5.41, 5.74) is 4.40. The fourth-order valence-electron chi connectivity index (χ4n) is 2.34. The molecule has 102 valence electrons. The van der Waals surface area contributed by atoms with Gasteiger partial charge in [-0.25, -0.2) is 4.98 Å². The average molecular weight is 330 g/mol. The van der Waals surface area contributed by atoms with Crippen molar-refractivity contribution >= 4 is 21.6 Å². The summed E-state index contributed by atoms with van der Waals surface area (Å²) in [5, 5.41) is 0. The molecule has 3 aromatic rings. The second-order valence-corrected chi connectivity index (χ2v) is 6.00. The van der Waals surface area contributed by atoms with E-state index in [4.69, 9.17) is 4.98 Å². The number of halogens is 1. The Labute approximate surface area is 127 Å². The summed E-state index contributed by atoms with van der Waals surface area (Å²) in [6.07, 6.45) is 2.07. The largest absolute Gasteiger partial charge is 0.304 e. The van der Waals surface area contributed by atoms with Gasteiger partial charge in [-0.3, -0.25) is 0 Å². The summed E-state index contributed by atoms with van der Waals surface area (Å²) in [7, 11) is 4.15. The van der Waals surface area contributed by atoms with Crippen LogP contribution in [0.15, 0.2) is 53.1 Å². The first-order valence-corrected chi connectivity index (χ1v) is 7.31. The van der Waals surface area contributed by atoms with Gasteiger partial charge in [-0.1, -0.05) is 34.1 Å². The highest BCUT2D eigenvalue weighted by Crippen LogP contribution is 2.26. The Bertz CT molecular complexity index is 729. The van der Waals surface area contributed by atoms with Crippen molar-refractivity contribution in [1.29, 1.82) is 0 Å². The van der Waals surface area contributed by atoms with Gasteiger partial charge in [-0.15, -0.1) is 0 Å². The number of nitrogens with zero attached hydrogens (tertiary/aromatic N) is 3. The lowest BCUT2D eigenvalue weighted by molar-refractivity contribution is 0.396. The number of fused-ring (bicyclic) bond motifs is 1. The van der Waals surface area contributed by atoms with E-state index in [2.05, 4.69) is 69.8 Å². The predicted octanol–water partition coefficient (Wildman–Crippen LogP) is 3.83. The van der Waals surface area contributed by atoms with Crippen molar-refractivity contribution in [2.24, 2.45) is 0 Å². The molecule has 0 saturated carbocycles. The quantitative estimate of drug-likeness (QED) is 0.728. The Kier molecular flexibility index (Phi) is 3.59. The van der Waals surface area contributed by atoms with Crippen LogP contribution >= 0.6 is 15.9 Å². The lowest BCUT2D eigenvalue weighted by Crippen LogP contribution is -2.13. The van der Waals surface area contributed by atoms with Crippen molar-refractivity contribution in [3.8, 4) is 11.3 Å². The zero-order valence-corrected chi connectivity index (χ0v) is 13.1. The second-order valence-electron chi connectivity index (χ2n) is 5.08. The van der Waals surface area contributed by atoms with E-state index in [0.29, 0.717) is 0 Å². The Morgan fingerprint density at radius 3 is 2.55 bits per heavy atom. The number of rotatable bonds is 3. The molecule has 0 unspecified atom stereocenters. The molecule has 20 heavy (non-hydrogen) atoms. The van der Waals surface area contributed by atoms with E-state index >= 15 is 0 Å². The number of hydrogen-bond acceptors (Lipinski definition) is 2. The first-order chi connectivity index (χ1) is 9.65. The Morgan fingerprint density at radius 2 is 1.85 bits per heavy atom. The molecule has 4 heteroatoms. The molecule has 2 aromatic heterocycles. The van der Waals surface area contributed by atoms with Crippen molar-refractivity contribution < 1.29 is 0 Å². The zero-order chi connectivity index (χ0) is 14.1. The Hall–Kier alpha value is -1.65. The highest BCUT2D eigenvalue weighted by atomic mass is 79.9. The van der Waals surface area contributed by atoms with E-state index in [-0.39, 0.29) is 0 Å². The van der Waals surface area contributed by atoms with Gasteiger partial charge in [0.25, 0.3) is 0 Å². The Balaban J connectivity index is 2.20. The molecule has 0 aliphatic carbocycles. The van der Waals surface area contributed by atoms with E-state index in [1.54, 1.807) is 0 Å². The van der Waals surface area contributed by atoms with E-state index in [0.717, 1.165) is 27.9 Å². The topological polar surface area (TPSA) is 20.5 Å². The van der Waals surface area contributed by atoms with Gasteiger partial charge in [-0.05, 0) is 38.4 Å². The van der Waals surface area contributed by atoms with Crippen LogP contribution in [0.3, 0.4) is 0 Å². The van der Waals surface area contributed by atoms with Crippen molar-refractivity contribution in [1.82, 2.24) is 14.3 Å². The SMILES string of the molecule is CN(C)Cc1c(-c2ccc(Br)cc2)nc2ccccn12. The maximum Gasteiger partial charge on any atom is 0.137 e. The lowest BCUT2D eigenvalue weighted by Gasteiger charge is -2.11. The Morgan fingerprint density at radius 1 is 1.10 bits per heavy atom. The summed E-state index contributed by atoms with van der Waals surface area (Å²) < 4.78 is 3.25. The fourth-order valence-corrected chi connectivity index (χ4v) is 2.60. The molecule has 0 spiro atoms. The number of benzene rings is 1. The molecule has 0 aliphatic rings. The van der Waals surface area contributed by atoms with E-state index < -0.39 is 0 Å². The van der Waals surface area contributed by atoms with E-state index in [1.165, 1.54) is 5.69 Å². The molecule has 0 fully saturated rings. The first kappa shape index (κ1) is 13.3. The van der Waals surface area contributed by atoms with Crippen LogP contribution in [-0.2, 0) is 6.54 Å². The molecule has 0 amide bonds. The minimum atomic E-state index is 0.858. The van der Waals surface area contributed by atoms with E-state index in [9.17, 15) is 0 Å². The van der Waals surface area contributed by atoms with Crippen molar-refractivity contribution in [3.05, 3.63) is 58.8 Å². The second kappa shape index (κ2) is 5.38. The summed E-state index contributed by atoms with van der Waals surface area (Å²) >= 11 is 3.48. The summed E-state index contributed by atoms with van der Waals surface area (Å²) in [6, 6.07) is 14.4. The molecule has 0 atom stereocenters. The monoisotopic (exact) mass is 329 g/mol. The van der Waals surface area contributed by atoms with Gasteiger partial charge in [0.05, 0.1) is 11.4 Å². The van der Waals surface area contributed by atoms with Crippen molar-refractivity contribution in [3.63, 3.8) is 0 Å². The van der Waals surface area contributed by atoms with Gasteiger partial charge >= 0.3 is 0 Å². The molecule has 2 heterocycles. The van der Waals surface area contributed by atoms with Crippen LogP contribution in [0.1, 0.15) is 5.69 Å². The molecule has 0 radical (unpaired) electrons. The number of hydrogen-bond donors (Lipinski definition) is 0. The number of aromatic nitrogens is 2. The molecule has 3 rings (SSSR count). The van der Waals surface area contributed by atoms with Crippen LogP contribution in [0.5, 0.6) is 0 Å². The third kappa shape index (κ3) is 2.49. The van der Waals surface area contributed by atoms with Gasteiger partial charge in [0, 0.05) is 22.8 Å². The third-order valence-corrected chi connectivity index (χ3v) is 3.74. The van der Waals surface area contributed by atoms with Crippen LogP contribution in [0.2, 0.25) is 0 Å². The smallest absolute Gasteiger partial charge is 0.137 e. The highest BCUT2D eigenvalue weighted by Gasteiger charge is 2.14. The van der Waals surface area contributed by atoms with Crippen molar-refractivity contribution in [2.75, 3.05) is 14.1 Å². The van der Waals surface area contributed by atoms with Crippen LogP contribution in [0.25, 0.3) is 16.9 Å². The van der Waals surface area contributed by atoms with Crippen LogP contribution in [0.4, 0.5) is 0 Å². The maximum absolute atomic E-state index is 4.79. The minimum Gasteiger partial charge on any atom is -0.304 e. The highest BCUT2D eigenvalue weighted by molar-refractivity contribution is 9.10. The standard InChI is InChI=1S/C16H16BrN3/c1-19(2)11-14-16(12-6-8-13(17)9-7-12)18-15-5-3-4-10-20(14)15/h3-10H,11H2,1-2H3. The number of imidazole rings is 1. The summed E-state index contributed by atoms with van der Waals surface area (Å²) in [4.78, 5) is 6.95. The fraction of sp³-hybridized carbons (Fsp3) is 0.188. The van der Waals surface area contributed by atoms with Crippen molar-refractivity contribution in [2.45, 2.75) is 6.54 Å². The summed E-state index contributed by atoms with van der Waals surface area (Å²) in [6.45, 7) is 0.858. The van der Waals surface area contributed by atoms with Gasteiger partial charge < -0.3 is 9.30 Å². The van der Waals surface area contributed by atoms with Crippen LogP contribution < -0.4 is 0 Å². The average Bonchev–Trinajstić information content (AvgIpc) is 2.78. The van der Waals surface area contributed by atoms with Crippen LogP contribution in [0, 0.1) is 0 Å². The molecular formula is C16H16BrN3. The predicted molar refractivity (Wildman–Crippen MR) is 85.7 cm³/mol. The van der Waals surface area contributed by atoms with Gasteiger partial charge in [-0.2, -0.15) is 0 Å². The first-order valence-electron chi connectivity index (χ1n) is 6.52. The lowest BCUT2D eigenvalue weighted by atomic mass is 10.1. The number of pyridine rings is 1. The van der Waals surface area contributed by atoms with Gasteiger partial charge in [0.2, 0.25) is 0 Å². The van der Waals surface area contributed by atoms with Crippen LogP contribution in [-0.4, -0.2) is 28.4 Å². The molecule has 3 nitrogen and oxygen atoms in total. The summed E-state index contributed by atoms with van der Waals surface area (Å²) in [5.74, 6) is 0. The molecule has 0 bridgehead atoms. The van der Waals surface area contributed by atoms with Gasteiger partial charge in [0.15, 0.2) is 0 Å². The molecule has 1 aromatic carbocycles. The normalized spacial score (nSPS) is 11.4. The maximum atomic E-state index is 4.79. The molecular weight excluding hydrogens is 314 g/mol. The molecule has 0 aliphatic heterocycles. The minimum absolute atomic E-state index is 0.858. The zero-order valence-electron chi connectivity index (χ0n) is 11.5. The third-order valence-electron chi connectivity index (χ3n) is 3.21.